The molecule has 1 aromatic heterocycles. The molecule has 5 heteroatoms. The van der Waals surface area contributed by atoms with E-state index in [1.54, 1.807) is 18.2 Å². The van der Waals surface area contributed by atoms with Crippen LogP contribution in [0.2, 0.25) is 0 Å². The Kier molecular flexibility index (Phi) is 2.59. The maximum absolute atomic E-state index is 11.4. The van der Waals surface area contributed by atoms with Crippen molar-refractivity contribution in [2.75, 3.05) is 12.4 Å². The third kappa shape index (κ3) is 1.88. The molecular formula is C11H9NO4. The molecule has 0 unspecified atom stereocenters. The topological polar surface area (TPSA) is 68.5 Å². The number of benzene rings is 1. The minimum Gasteiger partial charge on any atom is -0.453 e. The summed E-state index contributed by atoms with van der Waals surface area (Å²) >= 11 is 0. The van der Waals surface area contributed by atoms with E-state index >= 15 is 0 Å². The lowest BCUT2D eigenvalue weighted by molar-refractivity contribution is 0.187. The second kappa shape index (κ2) is 4.06. The zero-order chi connectivity index (χ0) is 11.5. The molecule has 0 fully saturated rings. The summed E-state index contributed by atoms with van der Waals surface area (Å²) < 4.78 is 9.40. The van der Waals surface area contributed by atoms with Gasteiger partial charge in [-0.25, -0.2) is 9.59 Å². The molecule has 0 saturated carbocycles. The van der Waals surface area contributed by atoms with E-state index in [-0.39, 0.29) is 5.69 Å². The molecule has 0 bridgehead atoms. The number of hydrogen-bond donors (Lipinski definition) is 1. The number of rotatable bonds is 1. The molecule has 0 spiro atoms. The van der Waals surface area contributed by atoms with Gasteiger partial charge in [0.05, 0.1) is 7.11 Å². The van der Waals surface area contributed by atoms with Gasteiger partial charge in [0, 0.05) is 5.39 Å². The number of ether oxygens (including phenoxy) is 1. The Morgan fingerprint density at radius 2 is 2.12 bits per heavy atom. The molecule has 16 heavy (non-hydrogen) atoms. The van der Waals surface area contributed by atoms with Crippen molar-refractivity contribution in [3.05, 3.63) is 40.8 Å². The number of amides is 1. The van der Waals surface area contributed by atoms with Crippen LogP contribution < -0.4 is 10.9 Å². The predicted octanol–water partition coefficient (Wildman–Crippen LogP) is 1.97. The number of methoxy groups -OCH3 is 1. The number of nitrogens with one attached hydrogen (secondary N) is 1. The highest BCUT2D eigenvalue weighted by Crippen LogP contribution is 2.14. The average Bonchev–Trinajstić information content (AvgIpc) is 2.30. The van der Waals surface area contributed by atoms with Gasteiger partial charge in [0.1, 0.15) is 11.3 Å². The summed E-state index contributed by atoms with van der Waals surface area (Å²) in [7, 11) is 1.22. The van der Waals surface area contributed by atoms with Crippen LogP contribution in [-0.2, 0) is 4.74 Å². The third-order valence-electron chi connectivity index (χ3n) is 2.06. The first kappa shape index (κ1) is 10.2. The smallest absolute Gasteiger partial charge is 0.411 e. The number of hydrogen-bond acceptors (Lipinski definition) is 4. The van der Waals surface area contributed by atoms with Gasteiger partial charge in [-0.05, 0) is 12.1 Å². The lowest BCUT2D eigenvalue weighted by atomic mass is 10.2. The summed E-state index contributed by atoms with van der Waals surface area (Å²) in [6, 6.07) is 8.57. The van der Waals surface area contributed by atoms with E-state index < -0.39 is 11.7 Å². The Balaban J connectivity index is 2.50. The number of anilines is 1. The van der Waals surface area contributed by atoms with Gasteiger partial charge >= 0.3 is 11.7 Å². The van der Waals surface area contributed by atoms with E-state index in [9.17, 15) is 9.59 Å². The summed E-state index contributed by atoms with van der Waals surface area (Å²) in [5, 5.41) is 3.01. The zero-order valence-electron chi connectivity index (χ0n) is 8.52. The Hall–Kier alpha value is -2.30. The summed E-state index contributed by atoms with van der Waals surface area (Å²) in [5.41, 5.74) is -0.0717. The monoisotopic (exact) mass is 219 g/mol. The molecule has 1 heterocycles. The van der Waals surface area contributed by atoms with Crippen LogP contribution in [0.15, 0.2) is 39.5 Å². The van der Waals surface area contributed by atoms with E-state index in [1.165, 1.54) is 13.2 Å². The van der Waals surface area contributed by atoms with Crippen LogP contribution in [0.25, 0.3) is 11.0 Å². The lowest BCUT2D eigenvalue weighted by Gasteiger charge is -2.02. The highest BCUT2D eigenvalue weighted by atomic mass is 16.5. The molecule has 82 valence electrons. The SMILES string of the molecule is COC(=O)Nc1cc2ccccc2oc1=O. The van der Waals surface area contributed by atoms with Gasteiger partial charge in [-0.15, -0.1) is 0 Å². The molecule has 1 N–H and O–H groups in total. The van der Waals surface area contributed by atoms with Gasteiger partial charge in [-0.3, -0.25) is 5.32 Å². The Labute approximate surface area is 90.6 Å². The zero-order valence-corrected chi connectivity index (χ0v) is 8.52. The van der Waals surface area contributed by atoms with Gasteiger partial charge in [-0.2, -0.15) is 0 Å². The van der Waals surface area contributed by atoms with Crippen molar-refractivity contribution in [2.45, 2.75) is 0 Å². The Bertz CT molecular complexity index is 588. The first-order valence-electron chi connectivity index (χ1n) is 4.58. The molecule has 0 aliphatic heterocycles. The molecule has 0 radical (unpaired) electrons. The lowest BCUT2D eigenvalue weighted by Crippen LogP contribution is -2.17. The van der Waals surface area contributed by atoms with Crippen molar-refractivity contribution >= 4 is 22.7 Å². The van der Waals surface area contributed by atoms with Crippen LogP contribution in [0.3, 0.4) is 0 Å². The van der Waals surface area contributed by atoms with Crippen LogP contribution in [0, 0.1) is 0 Å². The van der Waals surface area contributed by atoms with Gasteiger partial charge in [0.25, 0.3) is 0 Å². The largest absolute Gasteiger partial charge is 0.453 e. The number of carbonyl (C=O) groups excluding carboxylic acids is 1. The van der Waals surface area contributed by atoms with Gasteiger partial charge < -0.3 is 9.15 Å². The van der Waals surface area contributed by atoms with Crippen LogP contribution in [0.5, 0.6) is 0 Å². The fourth-order valence-corrected chi connectivity index (χ4v) is 1.31. The normalized spacial score (nSPS) is 10.1. The van der Waals surface area contributed by atoms with Crippen LogP contribution in [-0.4, -0.2) is 13.2 Å². The second-order valence-corrected chi connectivity index (χ2v) is 3.10. The third-order valence-corrected chi connectivity index (χ3v) is 2.06. The minimum absolute atomic E-state index is 0.0607. The highest BCUT2D eigenvalue weighted by molar-refractivity contribution is 5.87. The Morgan fingerprint density at radius 1 is 1.38 bits per heavy atom. The molecule has 0 aliphatic rings. The predicted molar refractivity (Wildman–Crippen MR) is 58.5 cm³/mol. The van der Waals surface area contributed by atoms with Crippen molar-refractivity contribution < 1.29 is 13.9 Å². The van der Waals surface area contributed by atoms with Crippen LogP contribution >= 0.6 is 0 Å². The first-order chi connectivity index (χ1) is 7.70. The quantitative estimate of drug-likeness (QED) is 0.744. The molecule has 0 aliphatic carbocycles. The molecule has 0 atom stereocenters. The van der Waals surface area contributed by atoms with E-state index in [4.69, 9.17) is 4.42 Å². The van der Waals surface area contributed by atoms with Gasteiger partial charge in [-0.1, -0.05) is 18.2 Å². The summed E-state index contributed by atoms with van der Waals surface area (Å²) in [5.74, 6) is 0. The van der Waals surface area contributed by atoms with E-state index in [2.05, 4.69) is 10.1 Å². The van der Waals surface area contributed by atoms with Crippen LogP contribution in [0.1, 0.15) is 0 Å². The molecule has 5 nitrogen and oxygen atoms in total. The summed E-state index contributed by atoms with van der Waals surface area (Å²) in [6.07, 6.45) is -0.706. The van der Waals surface area contributed by atoms with E-state index in [0.29, 0.717) is 5.58 Å². The Morgan fingerprint density at radius 3 is 2.88 bits per heavy atom. The fourth-order valence-electron chi connectivity index (χ4n) is 1.31. The summed E-state index contributed by atoms with van der Waals surface area (Å²) in [4.78, 5) is 22.4. The fraction of sp³-hybridized carbons (Fsp3) is 0.0909. The highest BCUT2D eigenvalue weighted by Gasteiger charge is 2.07. The molecule has 0 saturated heterocycles. The second-order valence-electron chi connectivity index (χ2n) is 3.10. The first-order valence-corrected chi connectivity index (χ1v) is 4.58. The number of para-hydroxylation sites is 1. The summed E-state index contributed by atoms with van der Waals surface area (Å²) in [6.45, 7) is 0. The standard InChI is InChI=1S/C11H9NO4/c1-15-11(14)12-8-6-7-4-2-3-5-9(7)16-10(8)13/h2-6H,1H3,(H,12,14). The van der Waals surface area contributed by atoms with E-state index in [0.717, 1.165) is 5.39 Å². The maximum Gasteiger partial charge on any atom is 0.411 e. The van der Waals surface area contributed by atoms with Gasteiger partial charge in [0.2, 0.25) is 0 Å². The maximum atomic E-state index is 11.4. The average molecular weight is 219 g/mol. The van der Waals surface area contributed by atoms with Crippen molar-refractivity contribution in [1.82, 2.24) is 0 Å². The molecular weight excluding hydrogens is 210 g/mol. The van der Waals surface area contributed by atoms with Gasteiger partial charge in [0.15, 0.2) is 0 Å². The van der Waals surface area contributed by atoms with Crippen molar-refractivity contribution in [3.8, 4) is 0 Å². The molecule has 2 aromatic rings. The van der Waals surface area contributed by atoms with Crippen molar-refractivity contribution in [2.24, 2.45) is 0 Å². The molecule has 2 rings (SSSR count). The minimum atomic E-state index is -0.706. The van der Waals surface area contributed by atoms with Crippen LogP contribution in [0.4, 0.5) is 10.5 Å². The van der Waals surface area contributed by atoms with Crippen molar-refractivity contribution in [1.29, 1.82) is 0 Å². The molecule has 1 aromatic carbocycles. The number of carbonyl (C=O) groups is 1. The van der Waals surface area contributed by atoms with E-state index in [1.807, 2.05) is 6.07 Å². The number of fused-ring (bicyclic) bond motifs is 1. The molecule has 1 amide bonds. The van der Waals surface area contributed by atoms with Crippen molar-refractivity contribution in [3.63, 3.8) is 0 Å².